The molecule has 0 fully saturated rings. The predicted molar refractivity (Wildman–Crippen MR) is 69.7 cm³/mol. The molecule has 0 bridgehead atoms. The van der Waals surface area contributed by atoms with Crippen LogP contribution in [0, 0.1) is 0 Å². The van der Waals surface area contributed by atoms with E-state index in [-0.39, 0.29) is 0 Å². The van der Waals surface area contributed by atoms with Gasteiger partial charge in [-0.15, -0.1) is 0 Å². The van der Waals surface area contributed by atoms with Crippen LogP contribution in [0.1, 0.15) is 5.56 Å². The van der Waals surface area contributed by atoms with Crippen molar-refractivity contribution in [1.29, 1.82) is 0 Å². The number of ether oxygens (including phenoxy) is 1. The minimum atomic E-state index is 0.590. The highest BCUT2D eigenvalue weighted by molar-refractivity contribution is 5.40. The van der Waals surface area contributed by atoms with E-state index in [1.165, 1.54) is 0 Å². The van der Waals surface area contributed by atoms with E-state index in [0.717, 1.165) is 11.4 Å². The van der Waals surface area contributed by atoms with Gasteiger partial charge in [0, 0.05) is 32.1 Å². The summed E-state index contributed by atoms with van der Waals surface area (Å²) in [7, 11) is 3.38. The van der Waals surface area contributed by atoms with Crippen LogP contribution in [0.25, 0.3) is 0 Å². The Bertz CT molecular complexity index is 470. The number of anilines is 2. The molecule has 6 nitrogen and oxygen atoms in total. The SMILES string of the molecule is CNc1nccc(NCc2ccnc(OC)c2)n1. The van der Waals surface area contributed by atoms with Crippen molar-refractivity contribution in [3.8, 4) is 5.88 Å². The van der Waals surface area contributed by atoms with E-state index in [4.69, 9.17) is 4.74 Å². The molecular weight excluding hydrogens is 230 g/mol. The van der Waals surface area contributed by atoms with Crippen molar-refractivity contribution in [3.63, 3.8) is 0 Å². The Hall–Kier alpha value is -2.37. The minimum absolute atomic E-state index is 0.590. The first-order valence-corrected chi connectivity index (χ1v) is 5.55. The molecule has 0 radical (unpaired) electrons. The zero-order valence-electron chi connectivity index (χ0n) is 10.3. The highest BCUT2D eigenvalue weighted by atomic mass is 16.5. The topological polar surface area (TPSA) is 72.0 Å². The van der Waals surface area contributed by atoms with Gasteiger partial charge in [-0.1, -0.05) is 0 Å². The lowest BCUT2D eigenvalue weighted by Crippen LogP contribution is -2.04. The van der Waals surface area contributed by atoms with Crippen molar-refractivity contribution in [3.05, 3.63) is 36.2 Å². The third-order valence-corrected chi connectivity index (χ3v) is 2.36. The number of rotatable bonds is 5. The van der Waals surface area contributed by atoms with Gasteiger partial charge in [0.1, 0.15) is 5.82 Å². The Labute approximate surface area is 105 Å². The van der Waals surface area contributed by atoms with Crippen molar-refractivity contribution in [2.45, 2.75) is 6.54 Å². The molecule has 94 valence electrons. The standard InChI is InChI=1S/C12H15N5O/c1-13-12-15-6-4-10(17-12)16-8-9-3-5-14-11(7-9)18-2/h3-7H,8H2,1-2H3,(H2,13,15,16,17). The Morgan fingerprint density at radius 1 is 1.22 bits per heavy atom. The van der Waals surface area contributed by atoms with Gasteiger partial charge >= 0.3 is 0 Å². The van der Waals surface area contributed by atoms with Gasteiger partial charge in [0.25, 0.3) is 0 Å². The third-order valence-electron chi connectivity index (χ3n) is 2.36. The van der Waals surface area contributed by atoms with Crippen LogP contribution in [-0.4, -0.2) is 29.1 Å². The van der Waals surface area contributed by atoms with E-state index >= 15 is 0 Å². The van der Waals surface area contributed by atoms with Crippen LogP contribution in [0.4, 0.5) is 11.8 Å². The summed E-state index contributed by atoms with van der Waals surface area (Å²) in [4.78, 5) is 12.4. The zero-order chi connectivity index (χ0) is 12.8. The Balaban J connectivity index is 2.01. The van der Waals surface area contributed by atoms with Crippen LogP contribution in [0.3, 0.4) is 0 Å². The van der Waals surface area contributed by atoms with Crippen molar-refractivity contribution in [2.24, 2.45) is 0 Å². The quantitative estimate of drug-likeness (QED) is 0.832. The van der Waals surface area contributed by atoms with Gasteiger partial charge in [-0.25, -0.2) is 9.97 Å². The maximum absolute atomic E-state index is 5.07. The second-order valence-electron chi connectivity index (χ2n) is 3.58. The van der Waals surface area contributed by atoms with Crippen LogP contribution in [0.5, 0.6) is 5.88 Å². The summed E-state index contributed by atoms with van der Waals surface area (Å²) in [5, 5.41) is 6.10. The van der Waals surface area contributed by atoms with Gasteiger partial charge < -0.3 is 15.4 Å². The molecule has 0 spiro atoms. The first-order chi connectivity index (χ1) is 8.81. The van der Waals surface area contributed by atoms with E-state index in [0.29, 0.717) is 18.4 Å². The van der Waals surface area contributed by atoms with Gasteiger partial charge in [-0.2, -0.15) is 4.98 Å². The van der Waals surface area contributed by atoms with Crippen LogP contribution < -0.4 is 15.4 Å². The number of aromatic nitrogens is 3. The number of hydrogen-bond acceptors (Lipinski definition) is 6. The molecule has 0 saturated carbocycles. The fourth-order valence-corrected chi connectivity index (χ4v) is 1.44. The van der Waals surface area contributed by atoms with Crippen LogP contribution >= 0.6 is 0 Å². The first-order valence-electron chi connectivity index (χ1n) is 5.55. The van der Waals surface area contributed by atoms with Crippen molar-refractivity contribution in [2.75, 3.05) is 24.8 Å². The van der Waals surface area contributed by atoms with E-state index < -0.39 is 0 Å². The van der Waals surface area contributed by atoms with E-state index in [9.17, 15) is 0 Å². The second kappa shape index (κ2) is 5.81. The van der Waals surface area contributed by atoms with Crippen molar-refractivity contribution in [1.82, 2.24) is 15.0 Å². The van der Waals surface area contributed by atoms with Crippen LogP contribution in [0.15, 0.2) is 30.6 Å². The van der Waals surface area contributed by atoms with Gasteiger partial charge in [-0.3, -0.25) is 0 Å². The molecule has 2 rings (SSSR count). The van der Waals surface area contributed by atoms with Crippen LogP contribution in [-0.2, 0) is 6.54 Å². The summed E-state index contributed by atoms with van der Waals surface area (Å²) >= 11 is 0. The number of nitrogens with one attached hydrogen (secondary N) is 2. The molecule has 0 aliphatic heterocycles. The maximum atomic E-state index is 5.07. The number of methoxy groups -OCH3 is 1. The number of hydrogen-bond donors (Lipinski definition) is 2. The zero-order valence-corrected chi connectivity index (χ0v) is 10.3. The lowest BCUT2D eigenvalue weighted by Gasteiger charge is -2.07. The molecule has 0 aliphatic carbocycles. The molecule has 2 N–H and O–H groups in total. The lowest BCUT2D eigenvalue weighted by atomic mass is 10.2. The molecular formula is C12H15N5O. The largest absolute Gasteiger partial charge is 0.481 e. The fourth-order valence-electron chi connectivity index (χ4n) is 1.44. The summed E-state index contributed by atoms with van der Waals surface area (Å²) in [6, 6.07) is 5.63. The Morgan fingerprint density at radius 2 is 2.06 bits per heavy atom. The smallest absolute Gasteiger partial charge is 0.224 e. The number of pyridine rings is 1. The first kappa shape index (κ1) is 12.1. The molecule has 2 aromatic heterocycles. The average molecular weight is 245 g/mol. The summed E-state index contributed by atoms with van der Waals surface area (Å²) < 4.78 is 5.07. The molecule has 0 aromatic carbocycles. The van der Waals surface area contributed by atoms with Gasteiger partial charge in [0.2, 0.25) is 11.8 Å². The van der Waals surface area contributed by atoms with E-state index in [1.54, 1.807) is 26.6 Å². The Morgan fingerprint density at radius 3 is 2.83 bits per heavy atom. The molecule has 6 heteroatoms. The second-order valence-corrected chi connectivity index (χ2v) is 3.58. The summed E-state index contributed by atoms with van der Waals surface area (Å²) in [5.74, 6) is 1.96. The van der Waals surface area contributed by atoms with E-state index in [1.807, 2.05) is 18.2 Å². The van der Waals surface area contributed by atoms with Crippen molar-refractivity contribution >= 4 is 11.8 Å². The summed E-state index contributed by atoms with van der Waals surface area (Å²) in [5.41, 5.74) is 1.08. The molecule has 2 heterocycles. The molecule has 0 amide bonds. The maximum Gasteiger partial charge on any atom is 0.224 e. The monoisotopic (exact) mass is 245 g/mol. The molecule has 18 heavy (non-hydrogen) atoms. The average Bonchev–Trinajstić information content (AvgIpc) is 2.45. The van der Waals surface area contributed by atoms with Gasteiger partial charge in [-0.05, 0) is 17.7 Å². The molecule has 0 unspecified atom stereocenters. The summed E-state index contributed by atoms with van der Waals surface area (Å²) in [6.45, 7) is 0.652. The lowest BCUT2D eigenvalue weighted by molar-refractivity contribution is 0.397. The summed E-state index contributed by atoms with van der Waals surface area (Å²) in [6.07, 6.45) is 3.42. The molecule has 0 saturated heterocycles. The fraction of sp³-hybridized carbons (Fsp3) is 0.250. The third kappa shape index (κ3) is 3.07. The highest BCUT2D eigenvalue weighted by Gasteiger charge is 1.99. The molecule has 0 aliphatic rings. The minimum Gasteiger partial charge on any atom is -0.481 e. The Kier molecular flexibility index (Phi) is 3.90. The normalized spacial score (nSPS) is 9.89. The van der Waals surface area contributed by atoms with Crippen LogP contribution in [0.2, 0.25) is 0 Å². The number of nitrogens with zero attached hydrogens (tertiary/aromatic N) is 3. The highest BCUT2D eigenvalue weighted by Crippen LogP contribution is 2.11. The molecule has 2 aromatic rings. The van der Waals surface area contributed by atoms with Gasteiger partial charge in [0.15, 0.2) is 0 Å². The molecule has 0 atom stereocenters. The van der Waals surface area contributed by atoms with Crippen molar-refractivity contribution < 1.29 is 4.74 Å². The predicted octanol–water partition coefficient (Wildman–Crippen LogP) is 1.53. The van der Waals surface area contributed by atoms with E-state index in [2.05, 4.69) is 25.6 Å². The van der Waals surface area contributed by atoms with Gasteiger partial charge in [0.05, 0.1) is 7.11 Å².